The quantitative estimate of drug-likeness (QED) is 0.307. The maximum Gasteiger partial charge on any atom is 0.192 e. The molecule has 0 saturated heterocycles. The van der Waals surface area contributed by atoms with Crippen LogP contribution in [0.2, 0.25) is 0 Å². The van der Waals surface area contributed by atoms with Crippen molar-refractivity contribution in [1.82, 2.24) is 19.5 Å². The van der Waals surface area contributed by atoms with E-state index >= 15 is 0 Å². The lowest BCUT2D eigenvalue weighted by Crippen LogP contribution is -2.18. The third kappa shape index (κ3) is 3.74. The number of benzene rings is 1. The molecule has 3 rings (SSSR count). The highest BCUT2D eigenvalue weighted by Crippen LogP contribution is 2.15. The van der Waals surface area contributed by atoms with Gasteiger partial charge in [-0.2, -0.15) is 4.89 Å². The zero-order valence-corrected chi connectivity index (χ0v) is 12.6. The number of nitrogen functional groups attached to an aromatic ring is 1. The highest BCUT2D eigenvalue weighted by molar-refractivity contribution is 5.81. The molecule has 1 aromatic carbocycles. The third-order valence-electron chi connectivity index (χ3n) is 3.18. The normalized spacial score (nSPS) is 12.4. The Morgan fingerprint density at radius 3 is 2.83 bits per heavy atom. The van der Waals surface area contributed by atoms with Crippen LogP contribution in [-0.4, -0.2) is 32.4 Å². The number of aromatic nitrogens is 4. The number of ether oxygens (including phenoxy) is 1. The smallest absolute Gasteiger partial charge is 0.192 e. The molecule has 0 spiro atoms. The summed E-state index contributed by atoms with van der Waals surface area (Å²) < 4.78 is 7.40. The van der Waals surface area contributed by atoms with Crippen LogP contribution in [0, 0.1) is 0 Å². The molecule has 0 amide bonds. The van der Waals surface area contributed by atoms with Gasteiger partial charge in [-0.3, -0.25) is 0 Å². The summed E-state index contributed by atoms with van der Waals surface area (Å²) in [6.07, 6.45) is 2.96. The van der Waals surface area contributed by atoms with Gasteiger partial charge < -0.3 is 19.9 Å². The van der Waals surface area contributed by atoms with Crippen LogP contribution in [0.1, 0.15) is 6.92 Å². The molecule has 8 nitrogen and oxygen atoms in total. The van der Waals surface area contributed by atoms with Crippen LogP contribution in [0.25, 0.3) is 11.2 Å². The van der Waals surface area contributed by atoms with Crippen molar-refractivity contribution >= 4 is 17.0 Å². The van der Waals surface area contributed by atoms with Gasteiger partial charge in [0.15, 0.2) is 24.0 Å². The van der Waals surface area contributed by atoms with E-state index in [1.54, 1.807) is 18.5 Å². The minimum absolute atomic E-state index is 0.0137. The van der Waals surface area contributed by atoms with Gasteiger partial charge >= 0.3 is 0 Å². The second-order valence-electron chi connectivity index (χ2n) is 4.94. The second kappa shape index (κ2) is 7.03. The van der Waals surface area contributed by atoms with Crippen molar-refractivity contribution in [2.45, 2.75) is 19.6 Å². The first-order chi connectivity index (χ1) is 11.2. The molecule has 2 heterocycles. The molecule has 8 heteroatoms. The minimum atomic E-state index is -0.122. The lowest BCUT2D eigenvalue weighted by atomic mass is 10.3. The Kier molecular flexibility index (Phi) is 4.65. The van der Waals surface area contributed by atoms with E-state index in [4.69, 9.17) is 20.2 Å². The average Bonchev–Trinajstić information content (AvgIpc) is 2.97. The maximum absolute atomic E-state index is 5.76. The summed E-state index contributed by atoms with van der Waals surface area (Å²) in [6, 6.07) is 9.22. The molecule has 0 saturated carbocycles. The number of hydrogen-bond donors (Lipinski definition) is 1. The summed E-state index contributed by atoms with van der Waals surface area (Å²) in [4.78, 5) is 22.4. The number of para-hydroxylation sites is 1. The van der Waals surface area contributed by atoms with Gasteiger partial charge in [0, 0.05) is 0 Å². The van der Waals surface area contributed by atoms with E-state index in [0.29, 0.717) is 29.3 Å². The van der Waals surface area contributed by atoms with Gasteiger partial charge in [-0.1, -0.05) is 18.2 Å². The second-order valence-corrected chi connectivity index (χ2v) is 4.94. The summed E-state index contributed by atoms with van der Waals surface area (Å²) in [5.74, 6) is 0.985. The molecule has 3 aromatic rings. The molecule has 0 bridgehead atoms. The Bertz CT molecular complexity index is 762. The SMILES string of the molecule is CC(Cn1cnc2c(N)ncnc21)OCOOc1ccccc1. The lowest BCUT2D eigenvalue weighted by Gasteiger charge is -2.13. The predicted octanol–water partition coefficient (Wildman–Crippen LogP) is 1.78. The van der Waals surface area contributed by atoms with Crippen LogP contribution in [0.5, 0.6) is 5.75 Å². The number of nitrogens with two attached hydrogens (primary N) is 1. The van der Waals surface area contributed by atoms with Crippen LogP contribution in [0.15, 0.2) is 43.0 Å². The average molecular weight is 315 g/mol. The largest absolute Gasteiger partial charge is 0.382 e. The van der Waals surface area contributed by atoms with Crippen molar-refractivity contribution < 1.29 is 14.5 Å². The molecule has 1 unspecified atom stereocenters. The number of rotatable bonds is 7. The Labute approximate surface area is 132 Å². The third-order valence-corrected chi connectivity index (χ3v) is 3.18. The molecule has 1 atom stereocenters. The standard InChI is InChI=1S/C15H17N5O3/c1-11(21-10-22-23-12-5-3-2-4-6-12)7-20-9-19-13-14(16)17-8-18-15(13)20/h2-6,8-9,11H,7,10H2,1H3,(H2,16,17,18). The van der Waals surface area contributed by atoms with Gasteiger partial charge in [0.05, 0.1) is 19.0 Å². The first kappa shape index (κ1) is 15.2. The molecular formula is C15H17N5O3. The number of anilines is 1. The fourth-order valence-electron chi connectivity index (χ4n) is 2.07. The molecule has 0 aliphatic heterocycles. The molecule has 120 valence electrons. The van der Waals surface area contributed by atoms with Gasteiger partial charge in [-0.15, -0.1) is 0 Å². The number of nitrogens with zero attached hydrogens (tertiary/aromatic N) is 4. The molecule has 0 fully saturated rings. The lowest BCUT2D eigenvalue weighted by molar-refractivity contribution is -0.274. The number of imidazole rings is 1. The Morgan fingerprint density at radius 1 is 1.17 bits per heavy atom. The van der Waals surface area contributed by atoms with Crippen LogP contribution < -0.4 is 10.6 Å². The summed E-state index contributed by atoms with van der Waals surface area (Å²) in [6.45, 7) is 2.49. The fourth-order valence-corrected chi connectivity index (χ4v) is 2.07. The van der Waals surface area contributed by atoms with Gasteiger partial charge in [0.25, 0.3) is 0 Å². The van der Waals surface area contributed by atoms with Crippen molar-refractivity contribution in [2.24, 2.45) is 0 Å². The van der Waals surface area contributed by atoms with Crippen LogP contribution >= 0.6 is 0 Å². The first-order valence-corrected chi connectivity index (χ1v) is 7.11. The van der Waals surface area contributed by atoms with Crippen molar-refractivity contribution in [3.63, 3.8) is 0 Å². The summed E-state index contributed by atoms with van der Waals surface area (Å²) >= 11 is 0. The zero-order valence-electron chi connectivity index (χ0n) is 12.6. The van der Waals surface area contributed by atoms with Crippen LogP contribution in [-0.2, 0) is 16.2 Å². The van der Waals surface area contributed by atoms with E-state index < -0.39 is 0 Å². The van der Waals surface area contributed by atoms with E-state index in [0.717, 1.165) is 0 Å². The number of hydrogen-bond acceptors (Lipinski definition) is 7. The molecule has 2 aromatic heterocycles. The topological polar surface area (TPSA) is 97.3 Å². The molecular weight excluding hydrogens is 298 g/mol. The summed E-state index contributed by atoms with van der Waals surface area (Å²) in [5.41, 5.74) is 7.02. The summed E-state index contributed by atoms with van der Waals surface area (Å²) in [7, 11) is 0. The van der Waals surface area contributed by atoms with Gasteiger partial charge in [-0.05, 0) is 19.1 Å². The zero-order chi connectivity index (χ0) is 16.1. The van der Waals surface area contributed by atoms with Gasteiger partial charge in [-0.25, -0.2) is 15.0 Å². The van der Waals surface area contributed by atoms with Gasteiger partial charge in [0.1, 0.15) is 11.8 Å². The van der Waals surface area contributed by atoms with E-state index in [1.165, 1.54) is 6.33 Å². The molecule has 2 N–H and O–H groups in total. The van der Waals surface area contributed by atoms with Crippen LogP contribution in [0.3, 0.4) is 0 Å². The van der Waals surface area contributed by atoms with Crippen molar-refractivity contribution in [1.29, 1.82) is 0 Å². The maximum atomic E-state index is 5.76. The molecule has 23 heavy (non-hydrogen) atoms. The highest BCUT2D eigenvalue weighted by atomic mass is 17.2. The Balaban J connectivity index is 1.49. The van der Waals surface area contributed by atoms with E-state index in [9.17, 15) is 0 Å². The number of fused-ring (bicyclic) bond motifs is 1. The van der Waals surface area contributed by atoms with E-state index in [-0.39, 0.29) is 12.9 Å². The van der Waals surface area contributed by atoms with Crippen LogP contribution in [0.4, 0.5) is 5.82 Å². The fraction of sp³-hybridized carbons (Fsp3) is 0.267. The minimum Gasteiger partial charge on any atom is -0.382 e. The predicted molar refractivity (Wildman–Crippen MR) is 83.3 cm³/mol. The Morgan fingerprint density at radius 2 is 2.00 bits per heavy atom. The van der Waals surface area contributed by atoms with E-state index in [2.05, 4.69) is 15.0 Å². The molecule has 0 aliphatic carbocycles. The van der Waals surface area contributed by atoms with Crippen molar-refractivity contribution in [2.75, 3.05) is 12.5 Å². The van der Waals surface area contributed by atoms with Crippen molar-refractivity contribution in [3.05, 3.63) is 43.0 Å². The highest BCUT2D eigenvalue weighted by Gasteiger charge is 2.11. The molecule has 0 aliphatic rings. The molecule has 0 radical (unpaired) electrons. The first-order valence-electron chi connectivity index (χ1n) is 7.11. The van der Waals surface area contributed by atoms with E-state index in [1.807, 2.05) is 29.7 Å². The Hall–Kier alpha value is -2.71. The summed E-state index contributed by atoms with van der Waals surface area (Å²) in [5, 5.41) is 0. The van der Waals surface area contributed by atoms with Crippen molar-refractivity contribution in [3.8, 4) is 5.75 Å². The van der Waals surface area contributed by atoms with Gasteiger partial charge in [0.2, 0.25) is 0 Å². The monoisotopic (exact) mass is 315 g/mol.